The maximum atomic E-state index is 11.1. The Balaban J connectivity index is 1.28. The zero-order valence-electron chi connectivity index (χ0n) is 31.3. The molecule has 2 unspecified atom stereocenters. The first-order valence-corrected chi connectivity index (χ1v) is 17.4. The van der Waals surface area contributed by atoms with Crippen LogP contribution in [0.15, 0.2) is 72.8 Å². The molecule has 1 aliphatic rings. The molecule has 1 saturated heterocycles. The molecule has 2 N–H and O–H groups in total. The molecule has 8 atom stereocenters. The molecule has 1 fully saturated rings. The fraction of sp³-hybridized carbons (Fsp3) is 0.429. The van der Waals surface area contributed by atoms with Gasteiger partial charge in [-0.25, -0.2) is 0 Å². The molecule has 0 radical (unpaired) electrons. The van der Waals surface area contributed by atoms with Gasteiger partial charge in [0.25, 0.3) is 0 Å². The molecule has 4 aromatic rings. The summed E-state index contributed by atoms with van der Waals surface area (Å²) in [4.78, 5) is 0. The fourth-order valence-electron chi connectivity index (χ4n) is 6.88. The van der Waals surface area contributed by atoms with Crippen LogP contribution in [0.5, 0.6) is 34.5 Å². The second-order valence-electron chi connectivity index (χ2n) is 13.5. The summed E-state index contributed by atoms with van der Waals surface area (Å²) >= 11 is 0. The predicted octanol–water partition coefficient (Wildman–Crippen LogP) is 8.42. The quantitative estimate of drug-likeness (QED) is 0.134. The van der Waals surface area contributed by atoms with Crippen molar-refractivity contribution in [3.05, 3.63) is 106 Å². The number of aryl methyl sites for hydroxylation is 2. The minimum absolute atomic E-state index is 0.190. The Hall–Kier alpha value is -4.44. The molecule has 0 aliphatic carbocycles. The summed E-state index contributed by atoms with van der Waals surface area (Å²) in [6.07, 6.45) is -3.16. The Bertz CT molecular complexity index is 1660. The Labute approximate surface area is 302 Å². The number of aliphatic hydroxyl groups excluding tert-OH is 2. The molecule has 51 heavy (non-hydrogen) atoms. The molecular formula is C42H52O9. The van der Waals surface area contributed by atoms with Crippen LogP contribution in [-0.4, -0.2) is 50.9 Å². The van der Waals surface area contributed by atoms with Crippen molar-refractivity contribution in [1.29, 1.82) is 0 Å². The standard InChI is InChI=1S/C42H52O9/c1-23-19-29(11-15-33(23)45-7)39(43)27(5)49-35-17-13-31(21-37(35)47-9)41-25(3)26(4)42(51-41)32-14-18-36(38(22-32)48-10)50-28(6)40(44)30-12-16-34(46-8)24(2)20-30/h11-22,25-28,39-44H,1-10H3/t25-,26-,27-,28-,39+,40+,41?,42?/m1/s1. The van der Waals surface area contributed by atoms with Gasteiger partial charge in [-0.1, -0.05) is 38.1 Å². The summed E-state index contributed by atoms with van der Waals surface area (Å²) in [5, 5.41) is 22.1. The molecule has 1 aliphatic heterocycles. The van der Waals surface area contributed by atoms with Crippen LogP contribution < -0.4 is 28.4 Å². The molecule has 9 nitrogen and oxygen atoms in total. The molecule has 0 amide bonds. The van der Waals surface area contributed by atoms with Crippen LogP contribution >= 0.6 is 0 Å². The summed E-state index contributed by atoms with van der Waals surface area (Å²) in [5.41, 5.74) is 5.32. The number of methoxy groups -OCH3 is 4. The van der Waals surface area contributed by atoms with E-state index in [9.17, 15) is 10.2 Å². The summed E-state index contributed by atoms with van der Waals surface area (Å²) in [6, 6.07) is 22.9. The lowest BCUT2D eigenvalue weighted by atomic mass is 9.85. The van der Waals surface area contributed by atoms with Crippen molar-refractivity contribution in [1.82, 2.24) is 0 Å². The summed E-state index contributed by atoms with van der Waals surface area (Å²) < 4.78 is 41.5. The van der Waals surface area contributed by atoms with Crippen molar-refractivity contribution in [2.45, 2.75) is 78.2 Å². The van der Waals surface area contributed by atoms with Gasteiger partial charge in [-0.05, 0) is 121 Å². The number of aliphatic hydroxyl groups is 2. The third-order valence-corrected chi connectivity index (χ3v) is 10.1. The van der Waals surface area contributed by atoms with E-state index in [4.69, 9.17) is 33.2 Å². The lowest BCUT2D eigenvalue weighted by molar-refractivity contribution is 0.0281. The van der Waals surface area contributed by atoms with Crippen molar-refractivity contribution in [2.75, 3.05) is 28.4 Å². The highest BCUT2D eigenvalue weighted by Crippen LogP contribution is 2.51. The maximum absolute atomic E-state index is 11.1. The average Bonchev–Trinajstić information content (AvgIpc) is 3.44. The van der Waals surface area contributed by atoms with Gasteiger partial charge in [-0.2, -0.15) is 0 Å². The number of ether oxygens (including phenoxy) is 7. The minimum Gasteiger partial charge on any atom is -0.496 e. The van der Waals surface area contributed by atoms with Crippen molar-refractivity contribution >= 4 is 0 Å². The van der Waals surface area contributed by atoms with E-state index < -0.39 is 24.4 Å². The summed E-state index contributed by atoms with van der Waals surface area (Å²) in [7, 11) is 6.48. The first-order valence-electron chi connectivity index (χ1n) is 17.4. The SMILES string of the molecule is COc1ccc([C@@H](O)[C@@H](C)Oc2ccc(C3OC(c4ccc(O[C@H](C)[C@H](O)c5ccc(OC)c(C)c5)c(OC)c4)[C@H](C)[C@H]3C)cc2OC)cc1C. The van der Waals surface area contributed by atoms with Gasteiger partial charge in [-0.15, -0.1) is 0 Å². The highest BCUT2D eigenvalue weighted by Gasteiger charge is 2.41. The van der Waals surface area contributed by atoms with Crippen molar-refractivity contribution in [2.24, 2.45) is 11.8 Å². The monoisotopic (exact) mass is 700 g/mol. The number of benzene rings is 4. The zero-order valence-corrected chi connectivity index (χ0v) is 31.3. The number of rotatable bonds is 14. The molecule has 0 spiro atoms. The summed E-state index contributed by atoms with van der Waals surface area (Å²) in [5.74, 6) is 4.12. The molecule has 0 bridgehead atoms. The van der Waals surface area contributed by atoms with Gasteiger partial charge in [0, 0.05) is 0 Å². The minimum atomic E-state index is -0.849. The van der Waals surface area contributed by atoms with Gasteiger partial charge in [0.05, 0.1) is 40.6 Å². The van der Waals surface area contributed by atoms with Crippen LogP contribution in [0.4, 0.5) is 0 Å². The molecule has 9 heteroatoms. The van der Waals surface area contributed by atoms with E-state index in [0.717, 1.165) is 44.9 Å². The third kappa shape index (κ3) is 8.06. The maximum Gasteiger partial charge on any atom is 0.161 e. The Morgan fingerprint density at radius 3 is 1.20 bits per heavy atom. The van der Waals surface area contributed by atoms with Gasteiger partial charge in [0.1, 0.15) is 35.9 Å². The Morgan fingerprint density at radius 2 is 0.863 bits per heavy atom. The molecule has 0 aromatic heterocycles. The molecule has 4 aromatic carbocycles. The van der Waals surface area contributed by atoms with Crippen LogP contribution in [0.25, 0.3) is 0 Å². The van der Waals surface area contributed by atoms with Crippen LogP contribution in [0.1, 0.15) is 85.5 Å². The van der Waals surface area contributed by atoms with E-state index in [-0.39, 0.29) is 24.0 Å². The zero-order chi connectivity index (χ0) is 37.0. The van der Waals surface area contributed by atoms with Crippen LogP contribution in [0.2, 0.25) is 0 Å². The predicted molar refractivity (Wildman–Crippen MR) is 196 cm³/mol. The Kier molecular flexibility index (Phi) is 12.1. The van der Waals surface area contributed by atoms with Crippen molar-refractivity contribution < 1.29 is 43.4 Å². The van der Waals surface area contributed by atoms with Crippen LogP contribution in [0, 0.1) is 25.7 Å². The van der Waals surface area contributed by atoms with Gasteiger partial charge in [0.2, 0.25) is 0 Å². The first kappa shape index (κ1) is 37.8. The lowest BCUT2D eigenvalue weighted by Crippen LogP contribution is -2.22. The topological polar surface area (TPSA) is 105 Å². The van der Waals surface area contributed by atoms with Gasteiger partial charge in [-0.3, -0.25) is 0 Å². The number of hydrogen-bond acceptors (Lipinski definition) is 9. The van der Waals surface area contributed by atoms with Crippen LogP contribution in [0.3, 0.4) is 0 Å². The van der Waals surface area contributed by atoms with Gasteiger partial charge in [0.15, 0.2) is 23.0 Å². The molecule has 5 rings (SSSR count). The second kappa shape index (κ2) is 16.3. The molecular weight excluding hydrogens is 648 g/mol. The van der Waals surface area contributed by atoms with E-state index >= 15 is 0 Å². The average molecular weight is 701 g/mol. The first-order chi connectivity index (χ1) is 24.4. The molecule has 274 valence electrons. The Morgan fingerprint density at radius 1 is 0.510 bits per heavy atom. The van der Waals surface area contributed by atoms with E-state index in [1.54, 1.807) is 28.4 Å². The highest BCUT2D eigenvalue weighted by atomic mass is 16.5. The largest absolute Gasteiger partial charge is 0.496 e. The fourth-order valence-corrected chi connectivity index (χ4v) is 6.88. The van der Waals surface area contributed by atoms with Gasteiger partial charge < -0.3 is 43.4 Å². The van der Waals surface area contributed by atoms with Crippen molar-refractivity contribution in [3.8, 4) is 34.5 Å². The van der Waals surface area contributed by atoms with Crippen molar-refractivity contribution in [3.63, 3.8) is 0 Å². The molecule has 1 heterocycles. The third-order valence-electron chi connectivity index (χ3n) is 10.1. The highest BCUT2D eigenvalue weighted by molar-refractivity contribution is 5.46. The molecule has 0 saturated carbocycles. The van der Waals surface area contributed by atoms with E-state index in [0.29, 0.717) is 23.0 Å². The van der Waals surface area contributed by atoms with Gasteiger partial charge >= 0.3 is 0 Å². The number of hydrogen-bond donors (Lipinski definition) is 2. The second-order valence-corrected chi connectivity index (χ2v) is 13.5. The summed E-state index contributed by atoms with van der Waals surface area (Å²) in [6.45, 7) is 11.9. The van der Waals surface area contributed by atoms with E-state index in [2.05, 4.69) is 13.8 Å². The smallest absolute Gasteiger partial charge is 0.161 e. The van der Waals surface area contributed by atoms with E-state index in [1.807, 2.05) is 100 Å². The van der Waals surface area contributed by atoms with E-state index in [1.165, 1.54) is 0 Å². The lowest BCUT2D eigenvalue weighted by Gasteiger charge is -2.24. The normalized spacial score (nSPS) is 20.9. The van der Waals surface area contributed by atoms with Crippen LogP contribution in [-0.2, 0) is 4.74 Å².